The summed E-state index contributed by atoms with van der Waals surface area (Å²) in [5, 5.41) is 3.19. The molecule has 0 spiro atoms. The molecule has 0 bridgehead atoms. The van der Waals surface area contributed by atoms with Gasteiger partial charge in [0.1, 0.15) is 18.3 Å². The largest absolute Gasteiger partial charge is 0.495 e. The van der Waals surface area contributed by atoms with E-state index in [0.717, 1.165) is 9.87 Å². The van der Waals surface area contributed by atoms with Crippen molar-refractivity contribution in [2.45, 2.75) is 44.7 Å². The molecular weight excluding hydrogens is 550 g/mol. The van der Waals surface area contributed by atoms with Crippen LogP contribution in [-0.2, 0) is 26.2 Å². The number of anilines is 1. The number of halogens is 1. The van der Waals surface area contributed by atoms with Crippen LogP contribution in [0, 0.1) is 5.92 Å². The molecule has 3 aromatic carbocycles. The molecule has 0 heterocycles. The number of nitrogens with zero attached hydrogens (tertiary/aromatic N) is 2. The topological polar surface area (TPSA) is 96.0 Å². The molecule has 2 amide bonds. The molecular formula is C30H36ClN3O5S. The van der Waals surface area contributed by atoms with Gasteiger partial charge in [0, 0.05) is 18.1 Å². The quantitative estimate of drug-likeness (QED) is 0.300. The smallest absolute Gasteiger partial charge is 0.264 e. The number of amides is 2. The summed E-state index contributed by atoms with van der Waals surface area (Å²) >= 11 is 6.27. The Balaban J connectivity index is 2.09. The summed E-state index contributed by atoms with van der Waals surface area (Å²) in [6.07, 6.45) is 0.342. The van der Waals surface area contributed by atoms with Gasteiger partial charge in [0.05, 0.1) is 17.7 Å². The van der Waals surface area contributed by atoms with E-state index in [0.29, 0.717) is 13.0 Å². The normalized spacial score (nSPS) is 12.1. The second-order valence-electron chi connectivity index (χ2n) is 9.71. The van der Waals surface area contributed by atoms with Gasteiger partial charge >= 0.3 is 0 Å². The van der Waals surface area contributed by atoms with Crippen molar-refractivity contribution in [1.29, 1.82) is 0 Å². The average molecular weight is 586 g/mol. The maximum atomic E-state index is 14.1. The zero-order valence-corrected chi connectivity index (χ0v) is 24.8. The monoisotopic (exact) mass is 585 g/mol. The second-order valence-corrected chi connectivity index (χ2v) is 12.0. The summed E-state index contributed by atoms with van der Waals surface area (Å²) in [5.41, 5.74) is 0.924. The van der Waals surface area contributed by atoms with Crippen LogP contribution in [0.5, 0.6) is 5.75 Å². The maximum Gasteiger partial charge on any atom is 0.264 e. The highest BCUT2D eigenvalue weighted by Crippen LogP contribution is 2.35. The third-order valence-electron chi connectivity index (χ3n) is 6.29. The Morgan fingerprint density at radius 2 is 1.60 bits per heavy atom. The summed E-state index contributed by atoms with van der Waals surface area (Å²) in [4.78, 5) is 28.8. The maximum absolute atomic E-state index is 14.1. The first-order valence-corrected chi connectivity index (χ1v) is 14.9. The predicted molar refractivity (Wildman–Crippen MR) is 158 cm³/mol. The Morgan fingerprint density at radius 1 is 0.975 bits per heavy atom. The Kier molecular flexibility index (Phi) is 11.0. The fraction of sp³-hybridized carbons (Fsp3) is 0.333. The van der Waals surface area contributed by atoms with Gasteiger partial charge in [-0.1, -0.05) is 80.9 Å². The number of ether oxygens (including phenoxy) is 1. The standard InChI is InChI=1S/C30H36ClN3O5S/c1-5-26(30(36)32-19-22(2)3)33(20-23-12-8-6-9-13-23)29(35)21-34(27-18-24(31)16-17-28(27)39-4)40(37,38)25-14-10-7-11-15-25/h6-18,22,26H,5,19-21H2,1-4H3,(H,32,36). The van der Waals surface area contributed by atoms with Crippen LogP contribution in [0.3, 0.4) is 0 Å². The van der Waals surface area contributed by atoms with Gasteiger partial charge < -0.3 is 15.0 Å². The lowest BCUT2D eigenvalue weighted by Gasteiger charge is -2.33. The Labute approximate surface area is 241 Å². The van der Waals surface area contributed by atoms with E-state index in [1.165, 1.54) is 30.2 Å². The average Bonchev–Trinajstić information content (AvgIpc) is 2.95. The molecule has 0 radical (unpaired) electrons. The first kappa shape index (κ1) is 31.0. The van der Waals surface area contributed by atoms with Crippen molar-refractivity contribution in [3.63, 3.8) is 0 Å². The summed E-state index contributed by atoms with van der Waals surface area (Å²) < 4.78 is 34.4. The predicted octanol–water partition coefficient (Wildman–Crippen LogP) is 5.12. The van der Waals surface area contributed by atoms with Crippen LogP contribution in [0.1, 0.15) is 32.8 Å². The molecule has 10 heteroatoms. The highest BCUT2D eigenvalue weighted by atomic mass is 35.5. The number of rotatable bonds is 13. The molecule has 8 nitrogen and oxygen atoms in total. The lowest BCUT2D eigenvalue weighted by Crippen LogP contribution is -2.52. The molecule has 0 aliphatic rings. The first-order valence-electron chi connectivity index (χ1n) is 13.1. The Hall–Kier alpha value is -3.56. The van der Waals surface area contributed by atoms with E-state index in [1.54, 1.807) is 30.3 Å². The SMILES string of the molecule is CCC(C(=O)NCC(C)C)N(Cc1ccccc1)C(=O)CN(c1cc(Cl)ccc1OC)S(=O)(=O)c1ccccc1. The van der Waals surface area contributed by atoms with Crippen LogP contribution in [0.2, 0.25) is 5.02 Å². The minimum Gasteiger partial charge on any atom is -0.495 e. The van der Waals surface area contributed by atoms with Gasteiger partial charge in [-0.15, -0.1) is 0 Å². The number of nitrogens with one attached hydrogen (secondary N) is 1. The number of methoxy groups -OCH3 is 1. The molecule has 214 valence electrons. The van der Waals surface area contributed by atoms with E-state index in [2.05, 4.69) is 5.32 Å². The number of hydrogen-bond donors (Lipinski definition) is 1. The number of hydrogen-bond acceptors (Lipinski definition) is 5. The van der Waals surface area contributed by atoms with Crippen molar-refractivity contribution in [2.24, 2.45) is 5.92 Å². The summed E-state index contributed by atoms with van der Waals surface area (Å²) in [6.45, 7) is 5.80. The van der Waals surface area contributed by atoms with Crippen LogP contribution in [0.15, 0.2) is 83.8 Å². The van der Waals surface area contributed by atoms with E-state index < -0.39 is 28.5 Å². The van der Waals surface area contributed by atoms with Crippen molar-refractivity contribution < 1.29 is 22.7 Å². The minimum atomic E-state index is -4.23. The Morgan fingerprint density at radius 3 is 2.17 bits per heavy atom. The van der Waals surface area contributed by atoms with Gasteiger partial charge in [-0.3, -0.25) is 13.9 Å². The van der Waals surface area contributed by atoms with Gasteiger partial charge in [0.15, 0.2) is 0 Å². The zero-order chi connectivity index (χ0) is 29.3. The van der Waals surface area contributed by atoms with E-state index in [4.69, 9.17) is 16.3 Å². The number of benzene rings is 3. The second kappa shape index (κ2) is 14.2. The molecule has 3 rings (SSSR count). The lowest BCUT2D eigenvalue weighted by molar-refractivity contribution is -0.140. The summed E-state index contributed by atoms with van der Waals surface area (Å²) in [5.74, 6) is -0.384. The highest BCUT2D eigenvalue weighted by molar-refractivity contribution is 7.92. The van der Waals surface area contributed by atoms with Crippen molar-refractivity contribution in [1.82, 2.24) is 10.2 Å². The van der Waals surface area contributed by atoms with E-state index in [1.807, 2.05) is 51.1 Å². The number of carbonyl (C=O) groups excluding carboxylic acids is 2. The third kappa shape index (κ3) is 7.76. The van der Waals surface area contributed by atoms with Crippen LogP contribution >= 0.6 is 11.6 Å². The van der Waals surface area contributed by atoms with Crippen LogP contribution < -0.4 is 14.4 Å². The summed E-state index contributed by atoms with van der Waals surface area (Å²) in [6, 6.07) is 20.9. The van der Waals surface area contributed by atoms with E-state index in [-0.39, 0.29) is 39.7 Å². The molecule has 40 heavy (non-hydrogen) atoms. The molecule has 1 N–H and O–H groups in total. The van der Waals surface area contributed by atoms with Crippen LogP contribution in [0.4, 0.5) is 5.69 Å². The molecule has 0 fully saturated rings. The van der Waals surface area contributed by atoms with Crippen LogP contribution in [0.25, 0.3) is 0 Å². The third-order valence-corrected chi connectivity index (χ3v) is 8.29. The minimum absolute atomic E-state index is 0.00107. The molecule has 3 aromatic rings. The van der Waals surface area contributed by atoms with Crippen LogP contribution in [-0.4, -0.2) is 51.4 Å². The van der Waals surface area contributed by atoms with E-state index >= 15 is 0 Å². The lowest BCUT2D eigenvalue weighted by atomic mass is 10.1. The fourth-order valence-corrected chi connectivity index (χ4v) is 5.82. The van der Waals surface area contributed by atoms with E-state index in [9.17, 15) is 18.0 Å². The summed E-state index contributed by atoms with van der Waals surface area (Å²) in [7, 11) is -2.82. The molecule has 0 aromatic heterocycles. The van der Waals surface area contributed by atoms with Gasteiger partial charge in [-0.25, -0.2) is 8.42 Å². The molecule has 0 aliphatic heterocycles. The van der Waals surface area contributed by atoms with Crippen molar-refractivity contribution in [3.8, 4) is 5.75 Å². The molecule has 1 atom stereocenters. The van der Waals surface area contributed by atoms with Gasteiger partial charge in [-0.05, 0) is 48.2 Å². The molecule has 0 saturated heterocycles. The zero-order valence-electron chi connectivity index (χ0n) is 23.2. The van der Waals surface area contributed by atoms with Crippen molar-refractivity contribution >= 4 is 39.1 Å². The first-order chi connectivity index (χ1) is 19.1. The molecule has 0 aliphatic carbocycles. The molecule has 1 unspecified atom stereocenters. The Bertz CT molecular complexity index is 1380. The van der Waals surface area contributed by atoms with Gasteiger partial charge in [0.25, 0.3) is 10.0 Å². The van der Waals surface area contributed by atoms with Gasteiger partial charge in [0.2, 0.25) is 11.8 Å². The fourth-order valence-electron chi connectivity index (χ4n) is 4.21. The number of sulfonamides is 1. The number of carbonyl (C=O) groups is 2. The molecule has 0 saturated carbocycles. The van der Waals surface area contributed by atoms with Crippen molar-refractivity contribution in [3.05, 3.63) is 89.4 Å². The highest BCUT2D eigenvalue weighted by Gasteiger charge is 2.34. The van der Waals surface area contributed by atoms with Gasteiger partial charge in [-0.2, -0.15) is 0 Å². The van der Waals surface area contributed by atoms with Crippen molar-refractivity contribution in [2.75, 3.05) is 24.5 Å².